The van der Waals surface area contributed by atoms with Crippen LogP contribution in [-0.4, -0.2) is 59.0 Å². The van der Waals surface area contributed by atoms with Crippen molar-refractivity contribution in [3.8, 4) is 5.75 Å². The van der Waals surface area contributed by atoms with Crippen molar-refractivity contribution in [2.24, 2.45) is 17.3 Å². The molecule has 1 N–H and O–H groups in total. The average Bonchev–Trinajstić information content (AvgIpc) is 3.30. The molecule has 2 aromatic rings. The van der Waals surface area contributed by atoms with Gasteiger partial charge in [0.1, 0.15) is 11.4 Å². The van der Waals surface area contributed by atoms with Crippen LogP contribution < -0.4 is 10.3 Å². The minimum Gasteiger partial charge on any atom is -0.497 e. The molecule has 6 atom stereocenters. The molecule has 188 valence electrons. The number of nitrogens with zero attached hydrogens (tertiary/aromatic N) is 2. The molecule has 4 aliphatic carbocycles. The number of amides is 1. The molecule has 1 aromatic carbocycles. The van der Waals surface area contributed by atoms with E-state index in [2.05, 4.69) is 33.0 Å². The quantitative estimate of drug-likeness (QED) is 0.719. The number of likely N-dealkylation sites (tertiary alicyclic amines) is 2. The number of hydrogen-bond donors (Lipinski definition) is 1. The Kier molecular flexibility index (Phi) is 4.32. The minimum atomic E-state index is -0.207. The fourth-order valence-electron chi connectivity index (χ4n) is 10.3. The largest absolute Gasteiger partial charge is 0.497 e. The second kappa shape index (κ2) is 7.25. The number of pyridine rings is 1. The maximum atomic E-state index is 13.7. The van der Waals surface area contributed by atoms with E-state index in [1.165, 1.54) is 62.3 Å². The molecule has 1 aromatic heterocycles. The highest BCUT2D eigenvalue weighted by molar-refractivity contribution is 5.92. The highest BCUT2D eigenvalue weighted by Gasteiger charge is 2.76. The molecule has 3 saturated carbocycles. The Bertz CT molecular complexity index is 1320. The summed E-state index contributed by atoms with van der Waals surface area (Å²) in [5.41, 5.74) is 3.70. The first-order chi connectivity index (χ1) is 17.6. The van der Waals surface area contributed by atoms with Crippen molar-refractivity contribution < 1.29 is 9.53 Å². The van der Waals surface area contributed by atoms with Crippen LogP contribution >= 0.6 is 0 Å². The lowest BCUT2D eigenvalue weighted by Gasteiger charge is -2.68. The van der Waals surface area contributed by atoms with E-state index >= 15 is 0 Å². The van der Waals surface area contributed by atoms with Crippen molar-refractivity contribution in [3.63, 3.8) is 0 Å². The number of H-pyrrole nitrogens is 1. The first-order valence-corrected chi connectivity index (χ1v) is 14.0. The molecule has 6 aliphatic rings. The molecule has 0 radical (unpaired) electrons. The van der Waals surface area contributed by atoms with Crippen LogP contribution in [0.2, 0.25) is 0 Å². The van der Waals surface area contributed by atoms with Gasteiger partial charge in [0.25, 0.3) is 5.91 Å². The van der Waals surface area contributed by atoms with Gasteiger partial charge in [0.15, 0.2) is 0 Å². The van der Waals surface area contributed by atoms with Gasteiger partial charge in [-0.15, -0.1) is 0 Å². The molecule has 5 unspecified atom stereocenters. The Morgan fingerprint density at radius 3 is 2.81 bits per heavy atom. The van der Waals surface area contributed by atoms with Gasteiger partial charge in [-0.1, -0.05) is 18.6 Å². The monoisotopic (exact) mass is 485 g/mol. The molecule has 2 saturated heterocycles. The van der Waals surface area contributed by atoms with Crippen molar-refractivity contribution in [2.75, 3.05) is 20.2 Å². The number of ether oxygens (including phenoxy) is 1. The highest BCUT2D eigenvalue weighted by atomic mass is 16.5. The van der Waals surface area contributed by atoms with Gasteiger partial charge in [-0.3, -0.25) is 14.5 Å². The Labute approximate surface area is 212 Å². The molecule has 2 aliphatic heterocycles. The van der Waals surface area contributed by atoms with Crippen LogP contribution in [0.3, 0.4) is 0 Å². The van der Waals surface area contributed by atoms with E-state index in [0.29, 0.717) is 29.0 Å². The number of fused-ring (bicyclic) bond motifs is 1. The summed E-state index contributed by atoms with van der Waals surface area (Å²) in [4.78, 5) is 33.5. The highest BCUT2D eigenvalue weighted by Crippen LogP contribution is 2.75. The van der Waals surface area contributed by atoms with Gasteiger partial charge in [-0.25, -0.2) is 0 Å². The maximum Gasteiger partial charge on any atom is 0.270 e. The van der Waals surface area contributed by atoms with Crippen LogP contribution in [0.4, 0.5) is 0 Å². The molecule has 4 bridgehead atoms. The standard InChI is InChI=1S/C30H35N3O3/c1-36-21-9-8-18-14-25-29-11-10-24-27(30(29,22(18)15-21)12-13-32(25)20-4-2-5-20)19(16-29)17-33(24)28(35)23-6-3-7-26(34)31-23/h3,6-9,15,19-20,24-25,27H,2,4-5,10-14,16-17H2,1H3,(H,31,34)/t19-,24?,25?,27?,29?,30?/m1/s1. The lowest BCUT2D eigenvalue weighted by molar-refractivity contribution is -0.122. The number of piperidine rings is 1. The molecule has 5 fully saturated rings. The number of aromatic amines is 1. The predicted molar refractivity (Wildman–Crippen MR) is 136 cm³/mol. The third kappa shape index (κ3) is 2.47. The molecule has 0 spiro atoms. The van der Waals surface area contributed by atoms with Crippen LogP contribution in [0.1, 0.15) is 66.6 Å². The number of hydrogen-bond acceptors (Lipinski definition) is 4. The van der Waals surface area contributed by atoms with Crippen LogP contribution in [0.15, 0.2) is 41.2 Å². The van der Waals surface area contributed by atoms with Crippen molar-refractivity contribution in [1.29, 1.82) is 0 Å². The van der Waals surface area contributed by atoms with Gasteiger partial charge in [0, 0.05) is 36.2 Å². The lowest BCUT2D eigenvalue weighted by atomic mass is 9.43. The first kappa shape index (κ1) is 21.5. The molecule has 36 heavy (non-hydrogen) atoms. The summed E-state index contributed by atoms with van der Waals surface area (Å²) >= 11 is 0. The molecule has 1 amide bonds. The van der Waals surface area contributed by atoms with E-state index in [1.54, 1.807) is 19.2 Å². The first-order valence-electron chi connectivity index (χ1n) is 14.0. The second-order valence-corrected chi connectivity index (χ2v) is 12.4. The smallest absolute Gasteiger partial charge is 0.270 e. The van der Waals surface area contributed by atoms with Gasteiger partial charge in [0.05, 0.1) is 7.11 Å². The number of carbonyl (C=O) groups excluding carboxylic acids is 1. The number of nitrogens with one attached hydrogen (secondary N) is 1. The molecular formula is C30H35N3O3. The zero-order chi connectivity index (χ0) is 24.2. The lowest BCUT2D eigenvalue weighted by Crippen LogP contribution is -2.71. The van der Waals surface area contributed by atoms with E-state index in [9.17, 15) is 9.59 Å². The maximum absolute atomic E-state index is 13.7. The van der Waals surface area contributed by atoms with Gasteiger partial charge < -0.3 is 14.6 Å². The van der Waals surface area contributed by atoms with E-state index in [4.69, 9.17) is 4.74 Å². The summed E-state index contributed by atoms with van der Waals surface area (Å²) in [6, 6.07) is 13.4. The van der Waals surface area contributed by atoms with E-state index < -0.39 is 0 Å². The molecule has 8 rings (SSSR count). The van der Waals surface area contributed by atoms with Crippen LogP contribution in [-0.2, 0) is 11.8 Å². The minimum absolute atomic E-state index is 0.00105. The Balaban J connectivity index is 1.26. The number of rotatable bonds is 3. The normalized spacial score (nSPS) is 38.3. The Morgan fingerprint density at radius 1 is 1.14 bits per heavy atom. The number of aromatic nitrogens is 1. The second-order valence-electron chi connectivity index (χ2n) is 12.4. The summed E-state index contributed by atoms with van der Waals surface area (Å²) in [5, 5.41) is 0. The zero-order valence-electron chi connectivity index (χ0n) is 21.0. The van der Waals surface area contributed by atoms with Crippen LogP contribution in [0, 0.1) is 17.3 Å². The summed E-state index contributed by atoms with van der Waals surface area (Å²) in [6.45, 7) is 2.01. The van der Waals surface area contributed by atoms with Gasteiger partial charge in [0.2, 0.25) is 5.56 Å². The van der Waals surface area contributed by atoms with E-state index in [-0.39, 0.29) is 22.9 Å². The molecule has 6 nitrogen and oxygen atoms in total. The summed E-state index contributed by atoms with van der Waals surface area (Å²) in [7, 11) is 1.78. The topological polar surface area (TPSA) is 65.6 Å². The third-order valence-electron chi connectivity index (χ3n) is 11.5. The van der Waals surface area contributed by atoms with E-state index in [1.807, 2.05) is 0 Å². The third-order valence-corrected chi connectivity index (χ3v) is 11.5. The zero-order valence-corrected chi connectivity index (χ0v) is 21.0. The van der Waals surface area contributed by atoms with Crippen molar-refractivity contribution in [1.82, 2.24) is 14.8 Å². The molecular weight excluding hydrogens is 450 g/mol. The summed E-state index contributed by atoms with van der Waals surface area (Å²) in [6.07, 6.45) is 9.98. The van der Waals surface area contributed by atoms with E-state index in [0.717, 1.165) is 31.2 Å². The summed E-state index contributed by atoms with van der Waals surface area (Å²) in [5.74, 6) is 1.98. The van der Waals surface area contributed by atoms with Gasteiger partial charge >= 0.3 is 0 Å². The fraction of sp³-hybridized carbons (Fsp3) is 0.600. The summed E-state index contributed by atoms with van der Waals surface area (Å²) < 4.78 is 5.76. The Morgan fingerprint density at radius 2 is 2.03 bits per heavy atom. The predicted octanol–water partition coefficient (Wildman–Crippen LogP) is 3.75. The van der Waals surface area contributed by atoms with Gasteiger partial charge in [-0.2, -0.15) is 0 Å². The number of benzene rings is 1. The van der Waals surface area contributed by atoms with Crippen molar-refractivity contribution in [3.05, 3.63) is 63.6 Å². The SMILES string of the molecule is COc1ccc2c(c1)C13CCN(C4CCC4)C(C2)C12CCC1C3[C@@H](CN1C(=O)c1cccc(=O)[nH]1)C2. The number of carbonyl (C=O) groups is 1. The Hall–Kier alpha value is -2.60. The van der Waals surface area contributed by atoms with Crippen LogP contribution in [0.25, 0.3) is 0 Å². The fourth-order valence-corrected chi connectivity index (χ4v) is 10.3. The van der Waals surface area contributed by atoms with Crippen molar-refractivity contribution >= 4 is 5.91 Å². The molecule has 6 heteroatoms. The van der Waals surface area contributed by atoms with Crippen LogP contribution in [0.5, 0.6) is 5.75 Å². The average molecular weight is 486 g/mol. The van der Waals surface area contributed by atoms with Crippen molar-refractivity contribution in [2.45, 2.75) is 74.9 Å². The van der Waals surface area contributed by atoms with Gasteiger partial charge in [-0.05, 0) is 98.1 Å². The molecule has 3 heterocycles. The number of methoxy groups -OCH3 is 1.